The van der Waals surface area contributed by atoms with Crippen molar-refractivity contribution in [1.29, 1.82) is 0 Å². The zero-order valence-electron chi connectivity index (χ0n) is 13.2. The quantitative estimate of drug-likeness (QED) is 0.876. The van der Waals surface area contributed by atoms with E-state index in [0.29, 0.717) is 42.6 Å². The molecule has 124 valence electrons. The van der Waals surface area contributed by atoms with Gasteiger partial charge in [0.15, 0.2) is 0 Å². The van der Waals surface area contributed by atoms with E-state index in [1.54, 1.807) is 17.2 Å². The lowest BCUT2D eigenvalue weighted by Gasteiger charge is -2.27. The van der Waals surface area contributed by atoms with E-state index in [1.807, 2.05) is 29.7 Å². The number of aliphatic hydroxyl groups excluding tert-OH is 1. The molecule has 0 fully saturated rings. The maximum absolute atomic E-state index is 12.5. The molecule has 0 saturated carbocycles. The Hall–Kier alpha value is -1.83. The van der Waals surface area contributed by atoms with Crippen LogP contribution in [0.1, 0.15) is 28.0 Å². The second-order valence-electron chi connectivity index (χ2n) is 6.02. The SMILES string of the molecule is CN(C)C[C@@H](O)c1cc2n(n1)CCN(C(=O)c1cc(Cl)c[nH]1)C2. The lowest BCUT2D eigenvalue weighted by atomic mass is 10.2. The summed E-state index contributed by atoms with van der Waals surface area (Å²) in [5.74, 6) is -0.0836. The summed E-state index contributed by atoms with van der Waals surface area (Å²) in [5, 5.41) is 15.1. The van der Waals surface area contributed by atoms with Gasteiger partial charge in [0.25, 0.3) is 5.91 Å². The summed E-state index contributed by atoms with van der Waals surface area (Å²) < 4.78 is 1.86. The molecule has 8 heteroatoms. The molecule has 1 amide bonds. The van der Waals surface area contributed by atoms with Gasteiger partial charge in [0, 0.05) is 19.3 Å². The van der Waals surface area contributed by atoms with E-state index in [0.717, 1.165) is 5.69 Å². The van der Waals surface area contributed by atoms with Gasteiger partial charge in [0.05, 0.1) is 29.5 Å². The highest BCUT2D eigenvalue weighted by Gasteiger charge is 2.25. The number of likely N-dealkylation sites (N-methyl/N-ethyl adjacent to an activating group) is 1. The number of hydrogen-bond donors (Lipinski definition) is 2. The average Bonchev–Trinajstić information content (AvgIpc) is 3.11. The first-order chi connectivity index (χ1) is 10.9. The van der Waals surface area contributed by atoms with Crippen molar-refractivity contribution in [3.05, 3.63) is 40.4 Å². The molecule has 2 aromatic rings. The van der Waals surface area contributed by atoms with Gasteiger partial charge in [0.1, 0.15) is 11.8 Å². The molecule has 0 bridgehead atoms. The van der Waals surface area contributed by atoms with Crippen LogP contribution in [0, 0.1) is 0 Å². The molecule has 0 aliphatic carbocycles. The summed E-state index contributed by atoms with van der Waals surface area (Å²) >= 11 is 5.86. The minimum atomic E-state index is -0.630. The van der Waals surface area contributed by atoms with E-state index in [-0.39, 0.29) is 5.91 Å². The number of H-pyrrole nitrogens is 1. The third-order valence-corrected chi connectivity index (χ3v) is 4.08. The first-order valence-electron chi connectivity index (χ1n) is 7.46. The summed E-state index contributed by atoms with van der Waals surface area (Å²) in [6.07, 6.45) is 0.966. The van der Waals surface area contributed by atoms with Crippen molar-refractivity contribution >= 4 is 17.5 Å². The Morgan fingerprint density at radius 3 is 2.91 bits per heavy atom. The van der Waals surface area contributed by atoms with Crippen LogP contribution in [0.25, 0.3) is 0 Å². The number of carbonyl (C=O) groups is 1. The molecule has 1 aliphatic heterocycles. The fourth-order valence-corrected chi connectivity index (χ4v) is 2.89. The summed E-state index contributed by atoms with van der Waals surface area (Å²) in [6, 6.07) is 3.50. The van der Waals surface area contributed by atoms with Gasteiger partial charge in [-0.05, 0) is 26.2 Å². The first-order valence-corrected chi connectivity index (χ1v) is 7.84. The minimum Gasteiger partial charge on any atom is -0.385 e. The zero-order chi connectivity index (χ0) is 16.6. The minimum absolute atomic E-state index is 0.0836. The summed E-state index contributed by atoms with van der Waals surface area (Å²) in [4.78, 5) is 19.0. The van der Waals surface area contributed by atoms with Crippen LogP contribution in [0.2, 0.25) is 5.02 Å². The second-order valence-corrected chi connectivity index (χ2v) is 6.46. The number of amides is 1. The average molecular weight is 338 g/mol. The van der Waals surface area contributed by atoms with Crippen molar-refractivity contribution in [2.45, 2.75) is 19.2 Å². The largest absolute Gasteiger partial charge is 0.385 e. The van der Waals surface area contributed by atoms with Crippen molar-refractivity contribution in [2.75, 3.05) is 27.2 Å². The number of aromatic amines is 1. The normalized spacial score (nSPS) is 15.8. The van der Waals surface area contributed by atoms with Gasteiger partial charge in [-0.15, -0.1) is 0 Å². The molecule has 1 atom stereocenters. The molecule has 0 radical (unpaired) electrons. The van der Waals surface area contributed by atoms with Gasteiger partial charge >= 0.3 is 0 Å². The van der Waals surface area contributed by atoms with Crippen LogP contribution in [-0.2, 0) is 13.1 Å². The number of fused-ring (bicyclic) bond motifs is 1. The van der Waals surface area contributed by atoms with Crippen LogP contribution in [0.4, 0.5) is 0 Å². The molecule has 0 saturated heterocycles. The summed E-state index contributed by atoms with van der Waals surface area (Å²) in [6.45, 7) is 2.18. The van der Waals surface area contributed by atoms with Crippen molar-refractivity contribution in [3.63, 3.8) is 0 Å². The third kappa shape index (κ3) is 3.41. The lowest BCUT2D eigenvalue weighted by molar-refractivity contribution is 0.0700. The van der Waals surface area contributed by atoms with Crippen molar-refractivity contribution in [1.82, 2.24) is 24.6 Å². The number of rotatable bonds is 4. The van der Waals surface area contributed by atoms with Crippen LogP contribution in [-0.4, -0.2) is 62.8 Å². The van der Waals surface area contributed by atoms with Crippen LogP contribution in [0.5, 0.6) is 0 Å². The summed E-state index contributed by atoms with van der Waals surface area (Å²) in [7, 11) is 3.81. The van der Waals surface area contributed by atoms with Gasteiger partial charge < -0.3 is 19.9 Å². The standard InChI is InChI=1S/C15H20ClN5O2/c1-19(2)9-14(22)12-6-11-8-20(3-4-21(11)18-12)15(23)13-5-10(16)7-17-13/h5-7,14,17,22H,3-4,8-9H2,1-2H3/t14-/m1/s1. The van der Waals surface area contributed by atoms with E-state index < -0.39 is 6.10 Å². The number of halogens is 1. The first kappa shape index (κ1) is 16.0. The fourth-order valence-electron chi connectivity index (χ4n) is 2.73. The molecule has 3 heterocycles. The number of nitrogens with zero attached hydrogens (tertiary/aromatic N) is 4. The van der Waals surface area contributed by atoms with E-state index in [2.05, 4.69) is 10.1 Å². The van der Waals surface area contributed by atoms with E-state index in [9.17, 15) is 9.90 Å². The van der Waals surface area contributed by atoms with Crippen LogP contribution >= 0.6 is 11.6 Å². The monoisotopic (exact) mass is 337 g/mol. The Morgan fingerprint density at radius 2 is 2.26 bits per heavy atom. The molecule has 3 rings (SSSR count). The molecule has 1 aliphatic rings. The molecule has 0 spiro atoms. The van der Waals surface area contributed by atoms with Crippen molar-refractivity contribution in [3.8, 4) is 0 Å². The molecule has 0 aromatic carbocycles. The van der Waals surface area contributed by atoms with E-state index in [1.165, 1.54) is 0 Å². The molecule has 2 aromatic heterocycles. The Kier molecular flexibility index (Phi) is 4.43. The number of aliphatic hydroxyl groups is 1. The molecule has 2 N–H and O–H groups in total. The maximum Gasteiger partial charge on any atom is 0.270 e. The predicted molar refractivity (Wildman–Crippen MR) is 86.3 cm³/mol. The van der Waals surface area contributed by atoms with Gasteiger partial charge in [-0.25, -0.2) is 0 Å². The van der Waals surface area contributed by atoms with Gasteiger partial charge in [0.2, 0.25) is 0 Å². The second kappa shape index (κ2) is 6.35. The fraction of sp³-hybridized carbons (Fsp3) is 0.467. The Morgan fingerprint density at radius 1 is 1.48 bits per heavy atom. The third-order valence-electron chi connectivity index (χ3n) is 3.86. The Balaban J connectivity index is 1.73. The highest BCUT2D eigenvalue weighted by atomic mass is 35.5. The molecule has 23 heavy (non-hydrogen) atoms. The highest BCUT2D eigenvalue weighted by Crippen LogP contribution is 2.20. The van der Waals surface area contributed by atoms with Gasteiger partial charge in [-0.2, -0.15) is 5.10 Å². The van der Waals surface area contributed by atoms with Crippen LogP contribution in [0.15, 0.2) is 18.3 Å². The van der Waals surface area contributed by atoms with E-state index >= 15 is 0 Å². The maximum atomic E-state index is 12.5. The number of hydrogen-bond acceptors (Lipinski definition) is 4. The summed E-state index contributed by atoms with van der Waals surface area (Å²) in [5.41, 5.74) is 2.05. The van der Waals surface area contributed by atoms with E-state index in [4.69, 9.17) is 11.6 Å². The van der Waals surface area contributed by atoms with Crippen molar-refractivity contribution < 1.29 is 9.90 Å². The molecule has 0 unspecified atom stereocenters. The number of carbonyl (C=O) groups excluding carboxylic acids is 1. The smallest absolute Gasteiger partial charge is 0.270 e. The Labute approximate surface area is 139 Å². The zero-order valence-corrected chi connectivity index (χ0v) is 13.9. The predicted octanol–water partition coefficient (Wildman–Crippen LogP) is 1.12. The topological polar surface area (TPSA) is 77.4 Å². The lowest BCUT2D eigenvalue weighted by Crippen LogP contribution is -2.38. The highest BCUT2D eigenvalue weighted by molar-refractivity contribution is 6.30. The molecular weight excluding hydrogens is 318 g/mol. The Bertz CT molecular complexity index is 709. The number of aromatic nitrogens is 3. The van der Waals surface area contributed by atoms with Crippen molar-refractivity contribution in [2.24, 2.45) is 0 Å². The van der Waals surface area contributed by atoms with Crippen LogP contribution < -0.4 is 0 Å². The van der Waals surface area contributed by atoms with Gasteiger partial charge in [-0.1, -0.05) is 11.6 Å². The molecule has 7 nitrogen and oxygen atoms in total. The van der Waals surface area contributed by atoms with Gasteiger partial charge in [-0.3, -0.25) is 9.48 Å². The molecular formula is C15H20ClN5O2. The number of nitrogens with one attached hydrogen (secondary N) is 1. The van der Waals surface area contributed by atoms with Crippen LogP contribution in [0.3, 0.4) is 0 Å².